The SMILES string of the molecule is CN=C(NCCc1ccc(S(C)(=O)=O)cc1)NC(C)c1cc2ccccc2o1.I. The summed E-state index contributed by atoms with van der Waals surface area (Å²) in [5.74, 6) is 1.53. The number of hydrogen-bond acceptors (Lipinski definition) is 4. The fourth-order valence-corrected chi connectivity index (χ4v) is 3.55. The lowest BCUT2D eigenvalue weighted by atomic mass is 10.1. The molecule has 1 aromatic heterocycles. The van der Waals surface area contributed by atoms with Gasteiger partial charge in [0.15, 0.2) is 15.8 Å². The molecule has 0 aliphatic rings. The second kappa shape index (κ2) is 10.1. The third-order valence-electron chi connectivity index (χ3n) is 4.51. The molecule has 0 aliphatic heterocycles. The maximum Gasteiger partial charge on any atom is 0.191 e. The first-order valence-electron chi connectivity index (χ1n) is 9.11. The minimum absolute atomic E-state index is 0. The van der Waals surface area contributed by atoms with Crippen molar-refractivity contribution in [2.45, 2.75) is 24.3 Å². The molecular weight excluding hydrogens is 501 g/mol. The molecule has 0 spiro atoms. The van der Waals surface area contributed by atoms with Crippen LogP contribution in [0.3, 0.4) is 0 Å². The zero-order valence-electron chi connectivity index (χ0n) is 16.7. The van der Waals surface area contributed by atoms with Crippen LogP contribution in [0.2, 0.25) is 0 Å². The molecule has 1 heterocycles. The van der Waals surface area contributed by atoms with E-state index >= 15 is 0 Å². The highest BCUT2D eigenvalue weighted by Gasteiger charge is 2.13. The van der Waals surface area contributed by atoms with Gasteiger partial charge in [0.1, 0.15) is 11.3 Å². The van der Waals surface area contributed by atoms with Gasteiger partial charge in [-0.15, -0.1) is 24.0 Å². The van der Waals surface area contributed by atoms with E-state index in [-0.39, 0.29) is 30.0 Å². The van der Waals surface area contributed by atoms with Crippen LogP contribution >= 0.6 is 24.0 Å². The van der Waals surface area contributed by atoms with Gasteiger partial charge < -0.3 is 15.1 Å². The molecule has 8 heteroatoms. The van der Waals surface area contributed by atoms with Crippen LogP contribution in [0, 0.1) is 0 Å². The van der Waals surface area contributed by atoms with E-state index in [0.717, 1.165) is 28.7 Å². The average molecular weight is 527 g/mol. The molecule has 2 N–H and O–H groups in total. The van der Waals surface area contributed by atoms with Gasteiger partial charge in [-0.3, -0.25) is 4.99 Å². The number of benzene rings is 2. The molecule has 0 saturated heterocycles. The van der Waals surface area contributed by atoms with Gasteiger partial charge in [0.05, 0.1) is 10.9 Å². The lowest BCUT2D eigenvalue weighted by molar-refractivity contribution is 0.488. The standard InChI is InChI=1S/C21H25N3O3S.HI/c1-15(20-14-17-6-4-5-7-19(17)27-20)24-21(22-2)23-13-12-16-8-10-18(11-9-16)28(3,25)26;/h4-11,14-15H,12-13H2,1-3H3,(H2,22,23,24);1H. The Morgan fingerprint density at radius 1 is 1.14 bits per heavy atom. The van der Waals surface area contributed by atoms with E-state index in [1.807, 2.05) is 49.4 Å². The van der Waals surface area contributed by atoms with Crippen LogP contribution in [0.4, 0.5) is 0 Å². The maximum absolute atomic E-state index is 11.5. The number of halogens is 1. The molecule has 0 fully saturated rings. The van der Waals surface area contributed by atoms with Crippen LogP contribution in [0.5, 0.6) is 0 Å². The average Bonchev–Trinajstić information content (AvgIpc) is 3.11. The van der Waals surface area contributed by atoms with Crippen molar-refractivity contribution in [3.8, 4) is 0 Å². The van der Waals surface area contributed by atoms with Crippen molar-refractivity contribution >= 4 is 50.7 Å². The minimum atomic E-state index is -3.16. The number of nitrogens with one attached hydrogen (secondary N) is 2. The van der Waals surface area contributed by atoms with E-state index in [9.17, 15) is 8.42 Å². The highest BCUT2D eigenvalue weighted by Crippen LogP contribution is 2.23. The van der Waals surface area contributed by atoms with Crippen LogP contribution < -0.4 is 10.6 Å². The predicted octanol–water partition coefficient (Wildman–Crippen LogP) is 3.92. The molecule has 0 bridgehead atoms. The van der Waals surface area contributed by atoms with Gasteiger partial charge in [-0.2, -0.15) is 0 Å². The fraction of sp³-hybridized carbons (Fsp3) is 0.286. The van der Waals surface area contributed by atoms with Crippen molar-refractivity contribution in [1.82, 2.24) is 10.6 Å². The minimum Gasteiger partial charge on any atom is -0.459 e. The van der Waals surface area contributed by atoms with E-state index in [1.54, 1.807) is 19.2 Å². The molecule has 3 aromatic rings. The lowest BCUT2D eigenvalue weighted by Gasteiger charge is -2.16. The molecule has 1 atom stereocenters. The Hall–Kier alpha value is -2.07. The second-order valence-electron chi connectivity index (χ2n) is 6.72. The van der Waals surface area contributed by atoms with E-state index in [0.29, 0.717) is 17.4 Å². The molecule has 0 aliphatic carbocycles. The molecule has 6 nitrogen and oxygen atoms in total. The summed E-state index contributed by atoms with van der Waals surface area (Å²) in [5, 5.41) is 7.68. The first kappa shape index (κ1) is 23.2. The van der Waals surface area contributed by atoms with Gasteiger partial charge in [0.2, 0.25) is 0 Å². The number of para-hydroxylation sites is 1. The van der Waals surface area contributed by atoms with Gasteiger partial charge >= 0.3 is 0 Å². The second-order valence-corrected chi connectivity index (χ2v) is 8.73. The molecule has 0 saturated carbocycles. The largest absolute Gasteiger partial charge is 0.459 e. The summed E-state index contributed by atoms with van der Waals surface area (Å²) in [7, 11) is -1.44. The number of hydrogen-bond donors (Lipinski definition) is 2. The van der Waals surface area contributed by atoms with Crippen molar-refractivity contribution in [1.29, 1.82) is 0 Å². The van der Waals surface area contributed by atoms with Gasteiger partial charge in [-0.25, -0.2) is 8.42 Å². The quantitative estimate of drug-likeness (QED) is 0.289. The molecule has 156 valence electrons. The Morgan fingerprint density at radius 2 is 1.83 bits per heavy atom. The number of sulfone groups is 1. The molecule has 3 rings (SSSR count). The summed E-state index contributed by atoms with van der Waals surface area (Å²) in [6.45, 7) is 2.69. The van der Waals surface area contributed by atoms with E-state index in [1.165, 1.54) is 6.26 Å². The molecular formula is C21H26IN3O3S. The van der Waals surface area contributed by atoms with Crippen LogP contribution in [0.1, 0.15) is 24.3 Å². The van der Waals surface area contributed by atoms with Gasteiger partial charge in [-0.1, -0.05) is 30.3 Å². The highest BCUT2D eigenvalue weighted by atomic mass is 127. The summed E-state index contributed by atoms with van der Waals surface area (Å²) in [6.07, 6.45) is 1.96. The van der Waals surface area contributed by atoms with Gasteiger partial charge in [-0.05, 0) is 43.2 Å². The van der Waals surface area contributed by atoms with E-state index in [2.05, 4.69) is 15.6 Å². The number of fused-ring (bicyclic) bond motifs is 1. The smallest absolute Gasteiger partial charge is 0.191 e. The van der Waals surface area contributed by atoms with Gasteiger partial charge in [0, 0.05) is 25.2 Å². The van der Waals surface area contributed by atoms with Crippen LogP contribution in [-0.4, -0.2) is 34.2 Å². The molecule has 2 aromatic carbocycles. The highest BCUT2D eigenvalue weighted by molar-refractivity contribution is 14.0. The Bertz CT molecular complexity index is 1040. The number of guanidine groups is 1. The first-order valence-corrected chi connectivity index (χ1v) is 11.0. The Kier molecular flexibility index (Phi) is 8.09. The normalized spacial score (nSPS) is 13.0. The molecule has 1 unspecified atom stereocenters. The van der Waals surface area contributed by atoms with E-state index in [4.69, 9.17) is 4.42 Å². The summed E-state index contributed by atoms with van der Waals surface area (Å²) >= 11 is 0. The topological polar surface area (TPSA) is 83.7 Å². The van der Waals surface area contributed by atoms with Crippen LogP contribution in [0.25, 0.3) is 11.0 Å². The zero-order chi connectivity index (χ0) is 20.1. The number of furan rings is 1. The fourth-order valence-electron chi connectivity index (χ4n) is 2.92. The predicted molar refractivity (Wildman–Crippen MR) is 128 cm³/mol. The number of nitrogens with zero attached hydrogens (tertiary/aromatic N) is 1. The Balaban J connectivity index is 0.00000300. The molecule has 29 heavy (non-hydrogen) atoms. The lowest BCUT2D eigenvalue weighted by Crippen LogP contribution is -2.39. The first-order chi connectivity index (χ1) is 13.4. The molecule has 0 amide bonds. The van der Waals surface area contributed by atoms with Crippen molar-refractivity contribution in [2.24, 2.45) is 4.99 Å². The summed E-state index contributed by atoms with van der Waals surface area (Å²) in [5.41, 5.74) is 1.92. The van der Waals surface area contributed by atoms with Crippen LogP contribution in [0.15, 0.2) is 68.9 Å². The number of rotatable bonds is 6. The molecule has 0 radical (unpaired) electrons. The Labute approximate surface area is 188 Å². The summed E-state index contributed by atoms with van der Waals surface area (Å²) < 4.78 is 28.9. The van der Waals surface area contributed by atoms with Gasteiger partial charge in [0.25, 0.3) is 0 Å². The van der Waals surface area contributed by atoms with Crippen LogP contribution in [-0.2, 0) is 16.3 Å². The summed E-state index contributed by atoms with van der Waals surface area (Å²) in [6, 6.07) is 16.9. The zero-order valence-corrected chi connectivity index (χ0v) is 19.8. The Morgan fingerprint density at radius 3 is 2.45 bits per heavy atom. The van der Waals surface area contributed by atoms with Crippen molar-refractivity contribution in [2.75, 3.05) is 19.8 Å². The third-order valence-corrected chi connectivity index (χ3v) is 5.63. The van der Waals surface area contributed by atoms with Crippen molar-refractivity contribution in [3.05, 3.63) is 65.9 Å². The summed E-state index contributed by atoms with van der Waals surface area (Å²) in [4.78, 5) is 4.59. The monoisotopic (exact) mass is 527 g/mol. The van der Waals surface area contributed by atoms with Crippen molar-refractivity contribution < 1.29 is 12.8 Å². The van der Waals surface area contributed by atoms with Crippen molar-refractivity contribution in [3.63, 3.8) is 0 Å². The third kappa shape index (κ3) is 6.20. The number of aliphatic imine (C=N–C) groups is 1. The maximum atomic E-state index is 11.5. The van der Waals surface area contributed by atoms with E-state index < -0.39 is 9.84 Å².